The van der Waals surface area contributed by atoms with E-state index in [1.165, 1.54) is 25.3 Å². The number of halogens is 5. The van der Waals surface area contributed by atoms with Gasteiger partial charge in [-0.1, -0.05) is 0 Å². The van der Waals surface area contributed by atoms with E-state index in [0.717, 1.165) is 24.3 Å². The molecule has 0 aliphatic carbocycles. The number of amides is 2. The van der Waals surface area contributed by atoms with Gasteiger partial charge in [0.05, 0.1) is 41.8 Å². The van der Waals surface area contributed by atoms with Gasteiger partial charge in [0.15, 0.2) is 0 Å². The van der Waals surface area contributed by atoms with E-state index in [0.29, 0.717) is 6.07 Å². The molecule has 0 unspecified atom stereocenters. The molecule has 0 bridgehead atoms. The third-order valence-electron chi connectivity index (χ3n) is 4.72. The summed E-state index contributed by atoms with van der Waals surface area (Å²) in [5.74, 6) is -1.38. The van der Waals surface area contributed by atoms with Crippen molar-refractivity contribution in [3.63, 3.8) is 0 Å². The number of nitrogens with one attached hydrogen (secondary N) is 3. The van der Waals surface area contributed by atoms with Gasteiger partial charge in [-0.05, 0) is 52.3 Å². The van der Waals surface area contributed by atoms with Crippen LogP contribution in [0.25, 0.3) is 0 Å². The fraction of sp³-hybridized carbons (Fsp3) is 0.174. The molecular weight excluding hydrogens is 568 g/mol. The van der Waals surface area contributed by atoms with Gasteiger partial charge in [0.25, 0.3) is 5.91 Å². The Balaban J connectivity index is 1.94. The Morgan fingerprint density at radius 3 is 2.41 bits per heavy atom. The number of anilines is 3. The number of nitrogens with zero attached hydrogens (tertiary/aromatic N) is 1. The van der Waals surface area contributed by atoms with Crippen LogP contribution in [-0.2, 0) is 6.18 Å². The van der Waals surface area contributed by atoms with Crippen LogP contribution in [0.5, 0.6) is 11.6 Å². The van der Waals surface area contributed by atoms with Gasteiger partial charge in [0.2, 0.25) is 5.88 Å². The Bertz CT molecular complexity index is 1310. The number of alkyl halides is 3. The maximum atomic E-state index is 13.8. The first-order chi connectivity index (χ1) is 17.5. The zero-order chi connectivity index (χ0) is 27.2. The zero-order valence-corrected chi connectivity index (χ0v) is 20.5. The van der Waals surface area contributed by atoms with Crippen molar-refractivity contribution in [2.24, 2.45) is 0 Å². The summed E-state index contributed by atoms with van der Waals surface area (Å²) in [6, 6.07) is 8.76. The van der Waals surface area contributed by atoms with Crippen LogP contribution in [0.4, 0.5) is 39.4 Å². The number of benzene rings is 2. The first kappa shape index (κ1) is 27.5. The number of pyridine rings is 1. The smallest absolute Gasteiger partial charge is 0.416 e. The number of ether oxygens (including phenoxy) is 2. The molecule has 3 aromatic rings. The third-order valence-corrected chi connectivity index (χ3v) is 5.33. The lowest BCUT2D eigenvalue weighted by Crippen LogP contribution is -2.26. The Morgan fingerprint density at radius 2 is 1.76 bits per heavy atom. The molecule has 196 valence electrons. The summed E-state index contributed by atoms with van der Waals surface area (Å²) in [6.45, 7) is -0.271. The standard InChI is InChI=1S/C23H19BrF4N4O5/c1-36-19-7-6-17(20(24)32-19)31-21(33)14-10-12(23(26,27)28)2-4-15(14)30-16-5-3-13(25)11-18(16)37-9-8-29-22(34)35/h2-7,10-11,29-30H,8-9H2,1H3,(H,31,33)(H,34,35). The Morgan fingerprint density at radius 1 is 1.05 bits per heavy atom. The van der Waals surface area contributed by atoms with E-state index >= 15 is 0 Å². The molecular formula is C23H19BrF4N4O5. The van der Waals surface area contributed by atoms with Crippen LogP contribution in [0.1, 0.15) is 15.9 Å². The predicted molar refractivity (Wildman–Crippen MR) is 129 cm³/mol. The fourth-order valence-electron chi connectivity index (χ4n) is 3.01. The van der Waals surface area contributed by atoms with Crippen LogP contribution >= 0.6 is 15.9 Å². The SMILES string of the molecule is COc1ccc(NC(=O)c2cc(C(F)(F)F)ccc2Nc2ccc(F)cc2OCCNC(=O)O)c(Br)n1. The molecule has 0 saturated carbocycles. The molecule has 0 aliphatic rings. The van der Waals surface area contributed by atoms with Gasteiger partial charge >= 0.3 is 12.3 Å². The molecule has 0 radical (unpaired) electrons. The molecule has 0 atom stereocenters. The van der Waals surface area contributed by atoms with E-state index in [2.05, 4.69) is 36.9 Å². The minimum Gasteiger partial charge on any atom is -0.489 e. The molecule has 0 saturated heterocycles. The van der Waals surface area contributed by atoms with E-state index in [1.54, 1.807) is 0 Å². The van der Waals surface area contributed by atoms with Crippen molar-refractivity contribution in [2.75, 3.05) is 30.9 Å². The predicted octanol–water partition coefficient (Wildman–Crippen LogP) is 5.65. The Kier molecular flexibility index (Phi) is 8.76. The lowest BCUT2D eigenvalue weighted by Gasteiger charge is -2.18. The number of carboxylic acid groups (broad SMARTS) is 1. The van der Waals surface area contributed by atoms with Crippen molar-refractivity contribution in [2.45, 2.75) is 6.18 Å². The van der Waals surface area contributed by atoms with Gasteiger partial charge in [-0.15, -0.1) is 0 Å². The number of rotatable bonds is 9. The topological polar surface area (TPSA) is 122 Å². The van der Waals surface area contributed by atoms with Crippen molar-refractivity contribution >= 4 is 45.0 Å². The molecule has 9 nitrogen and oxygen atoms in total. The molecule has 1 heterocycles. The number of hydrogen-bond acceptors (Lipinski definition) is 6. The van der Waals surface area contributed by atoms with Crippen LogP contribution in [-0.4, -0.2) is 42.4 Å². The second-order valence-electron chi connectivity index (χ2n) is 7.25. The molecule has 0 spiro atoms. The number of hydrogen-bond donors (Lipinski definition) is 4. The summed E-state index contributed by atoms with van der Waals surface area (Å²) in [6.07, 6.45) is -6.00. The molecule has 1 aromatic heterocycles. The largest absolute Gasteiger partial charge is 0.489 e. The summed E-state index contributed by atoms with van der Waals surface area (Å²) in [5, 5.41) is 16.0. The van der Waals surface area contributed by atoms with Crippen LogP contribution in [0.2, 0.25) is 0 Å². The average molecular weight is 587 g/mol. The van der Waals surface area contributed by atoms with Crippen molar-refractivity contribution in [3.05, 3.63) is 70.1 Å². The lowest BCUT2D eigenvalue weighted by molar-refractivity contribution is -0.137. The summed E-state index contributed by atoms with van der Waals surface area (Å²) in [5.41, 5.74) is -1.18. The molecule has 37 heavy (non-hydrogen) atoms. The van der Waals surface area contributed by atoms with Crippen LogP contribution in [0.3, 0.4) is 0 Å². The van der Waals surface area contributed by atoms with Gasteiger partial charge in [0.1, 0.15) is 22.8 Å². The van der Waals surface area contributed by atoms with Crippen molar-refractivity contribution in [3.8, 4) is 11.6 Å². The number of methoxy groups -OCH3 is 1. The highest BCUT2D eigenvalue weighted by Gasteiger charge is 2.32. The highest BCUT2D eigenvalue weighted by Crippen LogP contribution is 2.35. The lowest BCUT2D eigenvalue weighted by atomic mass is 10.1. The molecule has 3 rings (SSSR count). The Labute approximate surface area is 215 Å². The maximum absolute atomic E-state index is 13.8. The van der Waals surface area contributed by atoms with Crippen LogP contribution in [0.15, 0.2) is 53.1 Å². The number of carbonyl (C=O) groups is 2. The maximum Gasteiger partial charge on any atom is 0.416 e. The summed E-state index contributed by atoms with van der Waals surface area (Å²) >= 11 is 3.17. The highest BCUT2D eigenvalue weighted by atomic mass is 79.9. The van der Waals surface area contributed by atoms with Crippen molar-refractivity contribution < 1.29 is 41.7 Å². The van der Waals surface area contributed by atoms with E-state index in [1.807, 2.05) is 0 Å². The average Bonchev–Trinajstić information content (AvgIpc) is 2.83. The monoisotopic (exact) mass is 586 g/mol. The van der Waals surface area contributed by atoms with Gasteiger partial charge in [-0.2, -0.15) is 13.2 Å². The second kappa shape index (κ2) is 11.8. The second-order valence-corrected chi connectivity index (χ2v) is 8.00. The highest BCUT2D eigenvalue weighted by molar-refractivity contribution is 9.10. The first-order valence-corrected chi connectivity index (χ1v) is 11.2. The molecule has 0 fully saturated rings. The third kappa shape index (κ3) is 7.46. The summed E-state index contributed by atoms with van der Waals surface area (Å²) < 4.78 is 64.6. The van der Waals surface area contributed by atoms with Gasteiger partial charge < -0.3 is 30.5 Å². The number of aromatic nitrogens is 1. The molecule has 4 N–H and O–H groups in total. The van der Waals surface area contributed by atoms with Crippen molar-refractivity contribution in [1.29, 1.82) is 0 Å². The normalized spacial score (nSPS) is 11.0. The van der Waals surface area contributed by atoms with Gasteiger partial charge in [0, 0.05) is 12.1 Å². The molecule has 0 aliphatic heterocycles. The van der Waals surface area contributed by atoms with Gasteiger partial charge in [-0.3, -0.25) is 4.79 Å². The van der Waals surface area contributed by atoms with Gasteiger partial charge in [-0.25, -0.2) is 14.2 Å². The molecule has 2 aromatic carbocycles. The summed E-state index contributed by atoms with van der Waals surface area (Å²) in [4.78, 5) is 27.7. The van der Waals surface area contributed by atoms with E-state index < -0.39 is 29.6 Å². The summed E-state index contributed by atoms with van der Waals surface area (Å²) in [7, 11) is 1.39. The van der Waals surface area contributed by atoms with E-state index in [4.69, 9.17) is 14.6 Å². The van der Waals surface area contributed by atoms with Crippen LogP contribution in [0, 0.1) is 5.82 Å². The quantitative estimate of drug-likeness (QED) is 0.145. The van der Waals surface area contributed by atoms with Crippen molar-refractivity contribution in [1.82, 2.24) is 10.3 Å². The minimum absolute atomic E-state index is 0.0387. The van der Waals surface area contributed by atoms with Crippen LogP contribution < -0.4 is 25.4 Å². The fourth-order valence-corrected chi connectivity index (χ4v) is 3.42. The molecule has 2 amide bonds. The molecule has 14 heteroatoms. The zero-order valence-electron chi connectivity index (χ0n) is 19.0. The number of carbonyl (C=O) groups excluding carboxylic acids is 1. The minimum atomic E-state index is -4.73. The van der Waals surface area contributed by atoms with E-state index in [9.17, 15) is 27.2 Å². The Hall–Kier alpha value is -4.07. The first-order valence-electron chi connectivity index (χ1n) is 10.4. The van der Waals surface area contributed by atoms with E-state index in [-0.39, 0.29) is 52.0 Å².